The Morgan fingerprint density at radius 2 is 1.94 bits per heavy atom. The van der Waals surface area contributed by atoms with E-state index in [2.05, 4.69) is 30.1 Å². The molecule has 0 radical (unpaired) electrons. The lowest BCUT2D eigenvalue weighted by Gasteiger charge is -2.16. The summed E-state index contributed by atoms with van der Waals surface area (Å²) in [5.74, 6) is 0.994. The second-order valence-corrected chi connectivity index (χ2v) is 8.80. The van der Waals surface area contributed by atoms with Gasteiger partial charge in [0, 0.05) is 37.3 Å². The molecule has 3 aromatic heterocycles. The predicted octanol–water partition coefficient (Wildman–Crippen LogP) is 3.52. The van der Waals surface area contributed by atoms with Crippen LogP contribution in [0.2, 0.25) is 0 Å². The van der Waals surface area contributed by atoms with E-state index in [4.69, 9.17) is 9.72 Å². The van der Waals surface area contributed by atoms with E-state index in [1.165, 1.54) is 38.8 Å². The highest BCUT2D eigenvalue weighted by atomic mass is 16.5. The van der Waals surface area contributed by atoms with E-state index in [1.54, 1.807) is 19.4 Å². The first-order valence-electron chi connectivity index (χ1n) is 11.9. The van der Waals surface area contributed by atoms with E-state index in [9.17, 15) is 4.79 Å². The zero-order valence-corrected chi connectivity index (χ0v) is 19.1. The second-order valence-electron chi connectivity index (χ2n) is 8.80. The van der Waals surface area contributed by atoms with E-state index in [1.807, 2.05) is 18.2 Å². The Labute approximate surface area is 193 Å². The summed E-state index contributed by atoms with van der Waals surface area (Å²) >= 11 is 0. The van der Waals surface area contributed by atoms with Crippen molar-refractivity contribution in [1.82, 2.24) is 29.7 Å². The van der Waals surface area contributed by atoms with Gasteiger partial charge in [-0.3, -0.25) is 9.69 Å². The van der Waals surface area contributed by atoms with Gasteiger partial charge in [-0.1, -0.05) is 12.8 Å². The van der Waals surface area contributed by atoms with Gasteiger partial charge in [0.1, 0.15) is 17.9 Å². The fraction of sp³-hybridized carbons (Fsp3) is 0.500. The van der Waals surface area contributed by atoms with Crippen molar-refractivity contribution in [3.8, 4) is 5.88 Å². The van der Waals surface area contributed by atoms with Gasteiger partial charge < -0.3 is 19.9 Å². The standard InChI is InChI=1S/C24H31N7O2/c1-25-23(32)20-14-17-15-27-24(29-22(17)31(20)19-6-2-3-7-19)28-18-8-9-21(26-16-18)33-13-12-30-10-4-5-11-30/h8-9,14-16,19H,2-7,10-13H2,1H3,(H,25,32)(H,27,28,29). The number of hydrogen-bond acceptors (Lipinski definition) is 7. The Morgan fingerprint density at radius 3 is 2.67 bits per heavy atom. The summed E-state index contributed by atoms with van der Waals surface area (Å²) in [6.07, 6.45) is 10.5. The van der Waals surface area contributed by atoms with Crippen LogP contribution in [0.3, 0.4) is 0 Å². The third kappa shape index (κ3) is 4.78. The molecule has 1 aliphatic carbocycles. The van der Waals surface area contributed by atoms with Gasteiger partial charge in [0.25, 0.3) is 5.91 Å². The number of aromatic nitrogens is 4. The van der Waals surface area contributed by atoms with Crippen molar-refractivity contribution in [2.75, 3.05) is 38.6 Å². The number of hydrogen-bond donors (Lipinski definition) is 2. The quantitative estimate of drug-likeness (QED) is 0.543. The maximum Gasteiger partial charge on any atom is 0.267 e. The van der Waals surface area contributed by atoms with Crippen LogP contribution < -0.4 is 15.4 Å². The van der Waals surface area contributed by atoms with Crippen molar-refractivity contribution in [3.63, 3.8) is 0 Å². The average Bonchev–Trinajstić information content (AvgIpc) is 3.60. The lowest BCUT2D eigenvalue weighted by atomic mass is 10.2. The minimum Gasteiger partial charge on any atom is -0.476 e. The average molecular weight is 450 g/mol. The number of rotatable bonds is 8. The van der Waals surface area contributed by atoms with Gasteiger partial charge in [-0.25, -0.2) is 9.97 Å². The van der Waals surface area contributed by atoms with Gasteiger partial charge in [-0.15, -0.1) is 0 Å². The Bertz CT molecular complexity index is 1100. The molecule has 5 rings (SSSR count). The van der Waals surface area contributed by atoms with Gasteiger partial charge in [-0.2, -0.15) is 4.98 Å². The van der Waals surface area contributed by atoms with Crippen LogP contribution in [0.1, 0.15) is 55.1 Å². The first-order valence-corrected chi connectivity index (χ1v) is 11.9. The van der Waals surface area contributed by atoms with Crippen molar-refractivity contribution in [2.24, 2.45) is 0 Å². The summed E-state index contributed by atoms with van der Waals surface area (Å²) in [5, 5.41) is 6.85. The maximum atomic E-state index is 12.5. The molecule has 9 nitrogen and oxygen atoms in total. The van der Waals surface area contributed by atoms with Gasteiger partial charge in [-0.05, 0) is 50.9 Å². The van der Waals surface area contributed by atoms with Crippen molar-refractivity contribution in [1.29, 1.82) is 0 Å². The molecule has 0 unspecified atom stereocenters. The number of pyridine rings is 1. The zero-order chi connectivity index (χ0) is 22.6. The smallest absolute Gasteiger partial charge is 0.267 e. The SMILES string of the molecule is CNC(=O)c1cc2cnc(Nc3ccc(OCCN4CCCC4)nc3)nc2n1C1CCCC1. The topological polar surface area (TPSA) is 97.2 Å². The van der Waals surface area contributed by atoms with Gasteiger partial charge in [0.05, 0.1) is 11.9 Å². The van der Waals surface area contributed by atoms with E-state index in [-0.39, 0.29) is 11.9 Å². The van der Waals surface area contributed by atoms with E-state index in [0.29, 0.717) is 24.1 Å². The van der Waals surface area contributed by atoms with Gasteiger partial charge >= 0.3 is 0 Å². The Kier molecular flexibility index (Phi) is 6.39. The van der Waals surface area contributed by atoms with E-state index >= 15 is 0 Å². The molecule has 0 bridgehead atoms. The minimum atomic E-state index is -0.0982. The van der Waals surface area contributed by atoms with Crippen LogP contribution in [-0.2, 0) is 0 Å². The van der Waals surface area contributed by atoms with E-state index < -0.39 is 0 Å². The summed E-state index contributed by atoms with van der Waals surface area (Å²) in [5.41, 5.74) is 2.21. The third-order valence-corrected chi connectivity index (χ3v) is 6.57. The largest absolute Gasteiger partial charge is 0.476 e. The van der Waals surface area contributed by atoms with Crippen LogP contribution in [0.25, 0.3) is 11.0 Å². The second kappa shape index (κ2) is 9.74. The minimum absolute atomic E-state index is 0.0982. The molecule has 2 fully saturated rings. The molecule has 0 aromatic carbocycles. The highest BCUT2D eigenvalue weighted by Gasteiger charge is 2.25. The molecule has 1 saturated carbocycles. The lowest BCUT2D eigenvalue weighted by Crippen LogP contribution is -2.25. The highest BCUT2D eigenvalue weighted by Crippen LogP contribution is 2.34. The number of ether oxygens (including phenoxy) is 1. The number of carbonyl (C=O) groups excluding carboxylic acids is 1. The molecular weight excluding hydrogens is 418 g/mol. The molecule has 1 amide bonds. The molecule has 0 atom stereocenters. The molecule has 1 aliphatic heterocycles. The van der Waals surface area contributed by atoms with Crippen LogP contribution in [-0.4, -0.2) is 63.6 Å². The molecule has 9 heteroatoms. The van der Waals surface area contributed by atoms with Crippen LogP contribution in [0.4, 0.5) is 11.6 Å². The molecule has 3 aromatic rings. The summed E-state index contributed by atoms with van der Waals surface area (Å²) in [4.78, 5) is 28.5. The summed E-state index contributed by atoms with van der Waals surface area (Å²) < 4.78 is 7.87. The number of nitrogens with one attached hydrogen (secondary N) is 2. The van der Waals surface area contributed by atoms with Crippen LogP contribution >= 0.6 is 0 Å². The number of amides is 1. The molecule has 2 N–H and O–H groups in total. The van der Waals surface area contributed by atoms with Crippen molar-refractivity contribution in [2.45, 2.75) is 44.6 Å². The number of fused-ring (bicyclic) bond motifs is 1. The molecule has 33 heavy (non-hydrogen) atoms. The van der Waals surface area contributed by atoms with Gasteiger partial charge in [0.15, 0.2) is 0 Å². The van der Waals surface area contributed by atoms with Crippen molar-refractivity contribution >= 4 is 28.6 Å². The Balaban J connectivity index is 1.30. The van der Waals surface area contributed by atoms with Crippen molar-refractivity contribution in [3.05, 3.63) is 36.3 Å². The predicted molar refractivity (Wildman–Crippen MR) is 127 cm³/mol. The molecule has 4 heterocycles. The Morgan fingerprint density at radius 1 is 1.12 bits per heavy atom. The summed E-state index contributed by atoms with van der Waals surface area (Å²) in [6.45, 7) is 3.91. The molecule has 1 saturated heterocycles. The summed E-state index contributed by atoms with van der Waals surface area (Å²) in [6, 6.07) is 5.94. The first kappa shape index (κ1) is 21.6. The maximum absolute atomic E-state index is 12.5. The molecule has 174 valence electrons. The van der Waals surface area contributed by atoms with Crippen LogP contribution in [0.15, 0.2) is 30.6 Å². The fourth-order valence-electron chi connectivity index (χ4n) is 4.86. The molecule has 0 spiro atoms. The summed E-state index contributed by atoms with van der Waals surface area (Å²) in [7, 11) is 1.66. The van der Waals surface area contributed by atoms with E-state index in [0.717, 1.165) is 36.1 Å². The number of carbonyl (C=O) groups is 1. The number of likely N-dealkylation sites (tertiary alicyclic amines) is 1. The normalized spacial score (nSPS) is 17.0. The van der Waals surface area contributed by atoms with Crippen molar-refractivity contribution < 1.29 is 9.53 Å². The van der Waals surface area contributed by atoms with Crippen LogP contribution in [0.5, 0.6) is 5.88 Å². The van der Waals surface area contributed by atoms with Gasteiger partial charge in [0.2, 0.25) is 11.8 Å². The number of anilines is 2. The Hall–Kier alpha value is -3.20. The number of nitrogens with zero attached hydrogens (tertiary/aromatic N) is 5. The monoisotopic (exact) mass is 449 g/mol. The third-order valence-electron chi connectivity index (χ3n) is 6.57. The van der Waals surface area contributed by atoms with Crippen LogP contribution in [0, 0.1) is 0 Å². The molecule has 2 aliphatic rings. The molecular formula is C24H31N7O2. The lowest BCUT2D eigenvalue weighted by molar-refractivity contribution is 0.0952. The highest BCUT2D eigenvalue weighted by molar-refractivity contribution is 5.98. The fourth-order valence-corrected chi connectivity index (χ4v) is 4.86. The first-order chi connectivity index (χ1) is 16.2. The zero-order valence-electron chi connectivity index (χ0n) is 19.1.